The summed E-state index contributed by atoms with van der Waals surface area (Å²) in [4.78, 5) is 6.53. The Bertz CT molecular complexity index is 489. The largest absolute Gasteiger partial charge is 0.465 e. The fourth-order valence-electron chi connectivity index (χ4n) is 1.93. The first-order chi connectivity index (χ1) is 8.67. The van der Waals surface area contributed by atoms with Crippen LogP contribution in [0.3, 0.4) is 0 Å². The van der Waals surface area contributed by atoms with Gasteiger partial charge in [-0.25, -0.2) is 4.98 Å². The lowest BCUT2D eigenvalue weighted by atomic mass is 10.3. The van der Waals surface area contributed by atoms with E-state index < -0.39 is 0 Å². The fourth-order valence-corrected chi connectivity index (χ4v) is 1.93. The Labute approximate surface area is 107 Å². The molecule has 98 valence electrons. The van der Waals surface area contributed by atoms with Gasteiger partial charge in [-0.3, -0.25) is 4.90 Å². The average Bonchev–Trinajstić information content (AvgIpc) is 2.89. The van der Waals surface area contributed by atoms with Gasteiger partial charge in [-0.15, -0.1) is 0 Å². The second-order valence-corrected chi connectivity index (χ2v) is 4.58. The lowest BCUT2D eigenvalue weighted by Crippen LogP contribution is -2.17. The molecule has 5 heteroatoms. The first-order valence-electron chi connectivity index (χ1n) is 6.12. The zero-order chi connectivity index (χ0) is 13.0. The summed E-state index contributed by atoms with van der Waals surface area (Å²) in [5.74, 6) is 1.93. The molecular formula is C13H20N4O. The van der Waals surface area contributed by atoms with Crippen molar-refractivity contribution in [1.82, 2.24) is 14.5 Å². The zero-order valence-corrected chi connectivity index (χ0v) is 11.0. The highest BCUT2D eigenvalue weighted by molar-refractivity contribution is 5.05. The number of hydrogen-bond donors (Lipinski definition) is 1. The third-order valence-electron chi connectivity index (χ3n) is 2.73. The van der Waals surface area contributed by atoms with Crippen LogP contribution in [0.5, 0.6) is 0 Å². The van der Waals surface area contributed by atoms with Crippen LogP contribution in [0.1, 0.15) is 17.2 Å². The van der Waals surface area contributed by atoms with Crippen LogP contribution in [0.25, 0.3) is 0 Å². The van der Waals surface area contributed by atoms with Crippen LogP contribution in [-0.4, -0.2) is 28.0 Å². The molecule has 0 spiro atoms. The highest BCUT2D eigenvalue weighted by Crippen LogP contribution is 2.10. The standard InChI is InChI=1S/C13H20N4O/c1-11-3-4-13(18-11)9-16(2)7-12-8-17(6-5-14)10-15-12/h3-4,8,10H,5-7,9,14H2,1-2H3. The smallest absolute Gasteiger partial charge is 0.118 e. The lowest BCUT2D eigenvalue weighted by molar-refractivity contribution is 0.282. The molecule has 0 fully saturated rings. The van der Waals surface area contributed by atoms with Gasteiger partial charge in [0.15, 0.2) is 0 Å². The van der Waals surface area contributed by atoms with E-state index in [-0.39, 0.29) is 0 Å². The number of nitrogens with zero attached hydrogens (tertiary/aromatic N) is 3. The summed E-state index contributed by atoms with van der Waals surface area (Å²) in [6.07, 6.45) is 3.86. The molecule has 0 aromatic carbocycles. The Morgan fingerprint density at radius 3 is 2.89 bits per heavy atom. The summed E-state index contributed by atoms with van der Waals surface area (Å²) in [6.45, 7) is 5.00. The first-order valence-corrected chi connectivity index (χ1v) is 6.12. The molecule has 2 aromatic rings. The highest BCUT2D eigenvalue weighted by atomic mass is 16.3. The molecule has 0 unspecified atom stereocenters. The van der Waals surface area contributed by atoms with Crippen molar-refractivity contribution in [2.24, 2.45) is 5.73 Å². The third-order valence-corrected chi connectivity index (χ3v) is 2.73. The van der Waals surface area contributed by atoms with Crippen molar-refractivity contribution < 1.29 is 4.42 Å². The molecular weight excluding hydrogens is 228 g/mol. The van der Waals surface area contributed by atoms with E-state index in [2.05, 4.69) is 16.9 Å². The molecule has 2 rings (SSSR count). The Kier molecular flexibility index (Phi) is 4.17. The molecule has 2 N–H and O–H groups in total. The van der Waals surface area contributed by atoms with E-state index in [1.165, 1.54) is 0 Å². The summed E-state index contributed by atoms with van der Waals surface area (Å²) < 4.78 is 7.57. The number of furan rings is 1. The second kappa shape index (κ2) is 5.84. The molecule has 2 aromatic heterocycles. The minimum absolute atomic E-state index is 0.636. The van der Waals surface area contributed by atoms with Gasteiger partial charge in [0.1, 0.15) is 11.5 Å². The van der Waals surface area contributed by atoms with Crippen LogP contribution < -0.4 is 5.73 Å². The van der Waals surface area contributed by atoms with Crippen LogP contribution >= 0.6 is 0 Å². The van der Waals surface area contributed by atoms with Crippen molar-refractivity contribution in [2.75, 3.05) is 13.6 Å². The molecule has 0 aliphatic rings. The monoisotopic (exact) mass is 248 g/mol. The second-order valence-electron chi connectivity index (χ2n) is 4.58. The molecule has 0 amide bonds. The van der Waals surface area contributed by atoms with E-state index in [0.29, 0.717) is 6.54 Å². The van der Waals surface area contributed by atoms with E-state index in [0.717, 1.165) is 36.8 Å². The minimum atomic E-state index is 0.636. The van der Waals surface area contributed by atoms with Gasteiger partial charge in [0.05, 0.1) is 18.6 Å². The van der Waals surface area contributed by atoms with E-state index in [9.17, 15) is 0 Å². The van der Waals surface area contributed by atoms with E-state index in [4.69, 9.17) is 10.2 Å². The van der Waals surface area contributed by atoms with Crippen molar-refractivity contribution in [1.29, 1.82) is 0 Å². The minimum Gasteiger partial charge on any atom is -0.465 e. The van der Waals surface area contributed by atoms with Gasteiger partial charge in [-0.05, 0) is 26.1 Å². The van der Waals surface area contributed by atoms with Crippen molar-refractivity contribution in [3.05, 3.63) is 41.9 Å². The Morgan fingerprint density at radius 2 is 2.22 bits per heavy atom. The SMILES string of the molecule is Cc1ccc(CN(C)Cc2cn(CCN)cn2)o1. The topological polar surface area (TPSA) is 60.2 Å². The summed E-state index contributed by atoms with van der Waals surface area (Å²) in [6, 6.07) is 4.00. The Balaban J connectivity index is 1.88. The molecule has 2 heterocycles. The van der Waals surface area contributed by atoms with Crippen LogP contribution in [0, 0.1) is 6.92 Å². The van der Waals surface area contributed by atoms with Crippen LogP contribution in [-0.2, 0) is 19.6 Å². The van der Waals surface area contributed by atoms with Gasteiger partial charge in [0.2, 0.25) is 0 Å². The number of rotatable bonds is 6. The van der Waals surface area contributed by atoms with Gasteiger partial charge >= 0.3 is 0 Å². The summed E-state index contributed by atoms with van der Waals surface area (Å²) in [5.41, 5.74) is 6.55. The maximum absolute atomic E-state index is 5.55. The molecule has 0 radical (unpaired) electrons. The van der Waals surface area contributed by atoms with Crippen molar-refractivity contribution >= 4 is 0 Å². The van der Waals surface area contributed by atoms with Crippen molar-refractivity contribution in [2.45, 2.75) is 26.6 Å². The predicted molar refractivity (Wildman–Crippen MR) is 69.9 cm³/mol. The van der Waals surface area contributed by atoms with Crippen molar-refractivity contribution in [3.8, 4) is 0 Å². The van der Waals surface area contributed by atoms with Gasteiger partial charge in [-0.2, -0.15) is 0 Å². The van der Waals surface area contributed by atoms with Gasteiger partial charge < -0.3 is 14.7 Å². The van der Waals surface area contributed by atoms with Gasteiger partial charge in [0, 0.05) is 25.8 Å². The molecule has 0 saturated carbocycles. The predicted octanol–water partition coefficient (Wildman–Crippen LogP) is 1.38. The van der Waals surface area contributed by atoms with E-state index in [1.54, 1.807) is 0 Å². The Hall–Kier alpha value is -1.59. The van der Waals surface area contributed by atoms with Gasteiger partial charge in [-0.1, -0.05) is 0 Å². The number of aryl methyl sites for hydroxylation is 1. The first kappa shape index (κ1) is 12.9. The lowest BCUT2D eigenvalue weighted by Gasteiger charge is -2.13. The average molecular weight is 248 g/mol. The summed E-state index contributed by atoms with van der Waals surface area (Å²) in [7, 11) is 2.06. The molecule has 18 heavy (non-hydrogen) atoms. The highest BCUT2D eigenvalue weighted by Gasteiger charge is 2.06. The molecule has 0 atom stereocenters. The molecule has 0 aliphatic carbocycles. The van der Waals surface area contributed by atoms with E-state index >= 15 is 0 Å². The number of hydrogen-bond acceptors (Lipinski definition) is 4. The Morgan fingerprint density at radius 1 is 1.39 bits per heavy atom. The van der Waals surface area contributed by atoms with Gasteiger partial charge in [0.25, 0.3) is 0 Å². The van der Waals surface area contributed by atoms with Crippen LogP contribution in [0.2, 0.25) is 0 Å². The zero-order valence-electron chi connectivity index (χ0n) is 11.0. The van der Waals surface area contributed by atoms with Crippen molar-refractivity contribution in [3.63, 3.8) is 0 Å². The maximum atomic E-state index is 5.55. The number of nitrogens with two attached hydrogens (primary N) is 1. The summed E-state index contributed by atoms with van der Waals surface area (Å²) >= 11 is 0. The molecule has 0 aliphatic heterocycles. The van der Waals surface area contributed by atoms with Crippen LogP contribution in [0.4, 0.5) is 0 Å². The maximum Gasteiger partial charge on any atom is 0.118 e. The normalized spacial score (nSPS) is 11.3. The summed E-state index contributed by atoms with van der Waals surface area (Å²) in [5, 5.41) is 0. The number of imidazole rings is 1. The molecule has 0 saturated heterocycles. The quantitative estimate of drug-likeness (QED) is 0.839. The van der Waals surface area contributed by atoms with E-state index in [1.807, 2.05) is 36.1 Å². The molecule has 0 bridgehead atoms. The number of aromatic nitrogens is 2. The third kappa shape index (κ3) is 3.45. The fraction of sp³-hybridized carbons (Fsp3) is 0.462. The molecule has 5 nitrogen and oxygen atoms in total. The van der Waals surface area contributed by atoms with Crippen LogP contribution in [0.15, 0.2) is 29.1 Å².